The van der Waals surface area contributed by atoms with Crippen LogP contribution >= 0.6 is 0 Å². The molecule has 23 rings (SSSR count). The standard InChI is InChI=1S/C64H50N2O3.C55H40N2O2/c1-3-17-41(4-2)36-61(68)53-28-16-31-59-63(53)52-25-11-13-30-57(52)66(59)45-21-14-20-43(38-45)48-26-15-27-51-55-40-46(33-35-62(55)69-64(48)51)65-56-29-12-10-23-49(56)54-39-44(32-34-58(54)65)47-22-8-9-24-50(47)60(67)37-42-18-6-5-7-19-42;1-55(2,3)28-27-35-29-38(31-40(30-35)57-49-19-10-8-15-43(49)44-16-9-11-20-50(44)57)42-17-12-18-45-48-33-39(22-26-53(48)59-54(42)45)56-51-24-21-37(36-13-6-5-7-14-36)32-46(51)47-34-41(58-4)23-25-52(47)56/h5-16,18-35,38-41H,3-4,17,36-37H2,1-2H3;5-26,29-34H,1-4H3. The zero-order valence-corrected chi connectivity index (χ0v) is 72.2. The Kier molecular flexibility index (Phi) is 19.6. The molecular weight excluding hydrogens is 1570 g/mol. The number of nitrogens with zero attached hydrogens (tertiary/aromatic N) is 4. The van der Waals surface area contributed by atoms with E-state index in [-0.39, 0.29) is 17.0 Å². The minimum atomic E-state index is -0.147. The maximum Gasteiger partial charge on any atom is 0.167 e. The summed E-state index contributed by atoms with van der Waals surface area (Å²) in [6.45, 7) is 10.8. The molecule has 6 heterocycles. The number of ketones is 2. The van der Waals surface area contributed by atoms with Gasteiger partial charge in [-0.25, -0.2) is 0 Å². The van der Waals surface area contributed by atoms with Gasteiger partial charge in [-0.3, -0.25) is 9.59 Å². The van der Waals surface area contributed by atoms with Gasteiger partial charge in [0.2, 0.25) is 0 Å². The van der Waals surface area contributed by atoms with Gasteiger partial charge in [-0.2, -0.15) is 0 Å². The first-order valence-corrected chi connectivity index (χ1v) is 44.4. The van der Waals surface area contributed by atoms with Gasteiger partial charge in [0, 0.05) is 133 Å². The Bertz CT molecular complexity index is 8420. The zero-order chi connectivity index (χ0) is 86.4. The van der Waals surface area contributed by atoms with Crippen LogP contribution in [0, 0.1) is 23.2 Å². The second kappa shape index (κ2) is 32.1. The largest absolute Gasteiger partial charge is 0.497 e. The molecular formula is C119H90N4O5. The molecule has 0 saturated heterocycles. The number of hydrogen-bond acceptors (Lipinski definition) is 5. The summed E-state index contributed by atoms with van der Waals surface area (Å²) in [5.41, 5.74) is 28.2. The lowest BCUT2D eigenvalue weighted by atomic mass is 9.91. The van der Waals surface area contributed by atoms with Crippen LogP contribution in [0.15, 0.2) is 379 Å². The first-order chi connectivity index (χ1) is 62.8. The summed E-state index contributed by atoms with van der Waals surface area (Å²) in [6.07, 6.45) is 4.06. The number of fused-ring (bicyclic) bond motifs is 18. The summed E-state index contributed by atoms with van der Waals surface area (Å²) < 4.78 is 28.7. The third-order valence-electron chi connectivity index (χ3n) is 25.8. The predicted octanol–water partition coefficient (Wildman–Crippen LogP) is 31.5. The normalized spacial score (nSPS) is 12.1. The van der Waals surface area contributed by atoms with Gasteiger partial charge in [0.25, 0.3) is 0 Å². The number of furan rings is 2. The van der Waals surface area contributed by atoms with Crippen molar-refractivity contribution < 1.29 is 23.2 Å². The van der Waals surface area contributed by atoms with Crippen LogP contribution in [0.4, 0.5) is 0 Å². The van der Waals surface area contributed by atoms with Gasteiger partial charge in [0.05, 0.1) is 51.2 Å². The van der Waals surface area contributed by atoms with E-state index in [1.54, 1.807) is 7.11 Å². The van der Waals surface area contributed by atoms with Crippen molar-refractivity contribution in [2.45, 2.75) is 66.7 Å². The van der Waals surface area contributed by atoms with Gasteiger partial charge in [0.15, 0.2) is 11.6 Å². The first-order valence-electron chi connectivity index (χ1n) is 44.4. The van der Waals surface area contributed by atoms with Crippen LogP contribution in [0.1, 0.15) is 92.1 Å². The molecule has 0 fully saturated rings. The minimum Gasteiger partial charge on any atom is -0.497 e. The number of benzene rings is 17. The molecule has 0 saturated carbocycles. The highest BCUT2D eigenvalue weighted by atomic mass is 16.5. The molecule has 23 aromatic rings. The van der Waals surface area contributed by atoms with E-state index in [1.165, 1.54) is 27.3 Å². The van der Waals surface area contributed by atoms with E-state index in [0.717, 1.165) is 218 Å². The highest BCUT2D eigenvalue weighted by Crippen LogP contribution is 2.46. The van der Waals surface area contributed by atoms with E-state index in [1.807, 2.05) is 66.7 Å². The molecule has 0 aliphatic heterocycles. The smallest absolute Gasteiger partial charge is 0.167 e. The summed E-state index contributed by atoms with van der Waals surface area (Å²) in [6, 6.07) is 130. The van der Waals surface area contributed by atoms with Gasteiger partial charge < -0.3 is 31.8 Å². The molecule has 0 N–H and O–H groups in total. The summed E-state index contributed by atoms with van der Waals surface area (Å²) >= 11 is 0. The molecule has 0 aliphatic carbocycles. The molecule has 9 nitrogen and oxygen atoms in total. The molecule has 1 atom stereocenters. The van der Waals surface area contributed by atoms with Crippen molar-refractivity contribution in [2.75, 3.05) is 7.11 Å². The molecule has 1 unspecified atom stereocenters. The predicted molar refractivity (Wildman–Crippen MR) is 532 cm³/mol. The molecule has 0 amide bonds. The number of ether oxygens (including phenoxy) is 1. The highest BCUT2D eigenvalue weighted by molar-refractivity contribution is 6.21. The van der Waals surface area contributed by atoms with Crippen molar-refractivity contribution >= 4 is 143 Å². The molecule has 9 heteroatoms. The van der Waals surface area contributed by atoms with Gasteiger partial charge in [-0.15, -0.1) is 0 Å². The van der Waals surface area contributed by atoms with Crippen molar-refractivity contribution in [1.82, 2.24) is 18.3 Å². The van der Waals surface area contributed by atoms with Crippen molar-refractivity contribution in [3.05, 3.63) is 392 Å². The van der Waals surface area contributed by atoms with Crippen LogP contribution < -0.4 is 4.74 Å². The Morgan fingerprint density at radius 3 is 1.43 bits per heavy atom. The van der Waals surface area contributed by atoms with Gasteiger partial charge in [-0.1, -0.05) is 275 Å². The second-order valence-corrected chi connectivity index (χ2v) is 34.9. The summed E-state index contributed by atoms with van der Waals surface area (Å²) in [5.74, 6) is 8.57. The molecule has 616 valence electrons. The lowest BCUT2D eigenvalue weighted by Gasteiger charge is -2.13. The quantitative estimate of drug-likeness (QED) is 0.0631. The second-order valence-electron chi connectivity index (χ2n) is 34.9. The number of hydrogen-bond donors (Lipinski definition) is 0. The summed E-state index contributed by atoms with van der Waals surface area (Å²) in [5, 5.41) is 13.4. The van der Waals surface area contributed by atoms with E-state index in [0.29, 0.717) is 18.8 Å². The Balaban J connectivity index is 0.000000153. The number of carbonyl (C=O) groups excluding carboxylic acids is 2. The maximum absolute atomic E-state index is 14.0. The van der Waals surface area contributed by atoms with E-state index < -0.39 is 0 Å². The Labute approximate surface area is 741 Å². The van der Waals surface area contributed by atoms with Crippen molar-refractivity contribution in [3.8, 4) is 84.8 Å². The fraction of sp³-hybridized carbons (Fsp3) is 0.109. The lowest BCUT2D eigenvalue weighted by Crippen LogP contribution is -2.08. The van der Waals surface area contributed by atoms with Crippen molar-refractivity contribution in [1.29, 1.82) is 0 Å². The van der Waals surface area contributed by atoms with E-state index >= 15 is 0 Å². The van der Waals surface area contributed by atoms with E-state index in [4.69, 9.17) is 13.6 Å². The minimum absolute atomic E-state index is 0.102. The summed E-state index contributed by atoms with van der Waals surface area (Å²) in [7, 11) is 1.72. The fourth-order valence-electron chi connectivity index (χ4n) is 19.8. The topological polar surface area (TPSA) is 89.4 Å². The molecule has 17 aromatic carbocycles. The Morgan fingerprint density at radius 1 is 0.344 bits per heavy atom. The van der Waals surface area contributed by atoms with Gasteiger partial charge in [-0.05, 0) is 205 Å². The average Bonchev–Trinajstić information content (AvgIpc) is 1.58. The number of rotatable bonds is 18. The third kappa shape index (κ3) is 13.8. The number of aromatic nitrogens is 4. The van der Waals surface area contributed by atoms with E-state index in [2.05, 4.69) is 368 Å². The molecule has 0 spiro atoms. The van der Waals surface area contributed by atoms with Gasteiger partial charge >= 0.3 is 0 Å². The molecule has 6 aromatic heterocycles. The number of para-hydroxylation sites is 6. The number of Topliss-reactive ketones (excluding diaryl/α,β-unsaturated/α-hetero) is 2. The SMILES string of the molecule is CCCC(CC)CC(=O)c1cccc2c1c1ccccc1n2-c1cccc(-c2cccc3c2oc2ccc(-n4c5ccccc5c5cc(-c6ccccc6C(=O)Cc6ccccc6)ccc54)cc23)c1.COc1ccc2c(c1)c1cc(-c3ccccc3)ccc1n2-c1ccc2oc3c(-c4cc(C#CC(C)(C)C)cc(-n5c6ccccc6c6ccccc65)c4)cccc3c2c1. The van der Waals surface area contributed by atoms with Gasteiger partial charge in [0.1, 0.15) is 28.1 Å². The van der Waals surface area contributed by atoms with Crippen LogP contribution in [-0.4, -0.2) is 36.9 Å². The molecule has 0 bridgehead atoms. The highest BCUT2D eigenvalue weighted by Gasteiger charge is 2.26. The number of methoxy groups -OCH3 is 1. The third-order valence-corrected chi connectivity index (χ3v) is 25.8. The van der Waals surface area contributed by atoms with Crippen molar-refractivity contribution in [2.24, 2.45) is 11.3 Å². The molecule has 0 aliphatic rings. The maximum atomic E-state index is 14.0. The summed E-state index contributed by atoms with van der Waals surface area (Å²) in [4.78, 5) is 27.8. The number of carbonyl (C=O) groups is 2. The van der Waals surface area contributed by atoms with Crippen LogP contribution in [0.2, 0.25) is 0 Å². The van der Waals surface area contributed by atoms with E-state index in [9.17, 15) is 9.59 Å². The Morgan fingerprint density at radius 2 is 0.797 bits per heavy atom. The lowest BCUT2D eigenvalue weighted by molar-refractivity contribution is 0.0957. The fourth-order valence-corrected chi connectivity index (χ4v) is 19.8. The molecule has 0 radical (unpaired) electrons. The van der Waals surface area contributed by atoms with Crippen LogP contribution in [-0.2, 0) is 6.42 Å². The average molecular weight is 1660 g/mol. The van der Waals surface area contributed by atoms with Crippen molar-refractivity contribution in [3.63, 3.8) is 0 Å². The van der Waals surface area contributed by atoms with Crippen LogP contribution in [0.3, 0.4) is 0 Å². The zero-order valence-electron chi connectivity index (χ0n) is 72.2. The Hall–Kier alpha value is -15.8. The van der Waals surface area contributed by atoms with Crippen LogP contribution in [0.5, 0.6) is 5.75 Å². The monoisotopic (exact) mass is 1650 g/mol. The molecule has 128 heavy (non-hydrogen) atoms. The van der Waals surface area contributed by atoms with Crippen LogP contribution in [0.25, 0.3) is 198 Å². The first kappa shape index (κ1) is 78.2.